The average molecular weight is 554 g/mol. The molecule has 2 fully saturated rings. The first kappa shape index (κ1) is 27.9. The number of hydrogen-bond acceptors (Lipinski definition) is 7. The van der Waals surface area contributed by atoms with Gasteiger partial charge in [0.2, 0.25) is 15.0 Å². The first-order valence-electron chi connectivity index (χ1n) is 12.8. The Kier molecular flexibility index (Phi) is 9.88. The summed E-state index contributed by atoms with van der Waals surface area (Å²) in [7, 11) is -3.79. The van der Waals surface area contributed by atoms with Crippen LogP contribution in [0.1, 0.15) is 31.0 Å². The summed E-state index contributed by atoms with van der Waals surface area (Å²) in [6.07, 6.45) is 3.37. The highest BCUT2D eigenvalue weighted by molar-refractivity contribution is 7.90. The molecule has 3 heterocycles. The number of nitrogens with one attached hydrogen (secondary N) is 1. The van der Waals surface area contributed by atoms with Crippen LogP contribution < -0.4 is 5.32 Å². The van der Waals surface area contributed by atoms with Crippen LogP contribution in [-0.2, 0) is 38.2 Å². The van der Waals surface area contributed by atoms with E-state index in [4.69, 9.17) is 21.7 Å². The Hall–Kier alpha value is -2.12. The Morgan fingerprint density at radius 1 is 1.24 bits per heavy atom. The van der Waals surface area contributed by atoms with Gasteiger partial charge in [-0.2, -0.15) is 0 Å². The van der Waals surface area contributed by atoms with Gasteiger partial charge < -0.3 is 24.3 Å². The maximum Gasteiger partial charge on any atom is 0.228 e. The zero-order chi connectivity index (χ0) is 26.3. The van der Waals surface area contributed by atoms with Crippen molar-refractivity contribution in [2.75, 3.05) is 52.5 Å². The molecule has 0 radical (unpaired) electrons. The predicted molar refractivity (Wildman–Crippen MR) is 142 cm³/mol. The van der Waals surface area contributed by atoms with Gasteiger partial charge in [-0.05, 0) is 49.7 Å². The minimum Gasteiger partial charge on any atom is -0.379 e. The summed E-state index contributed by atoms with van der Waals surface area (Å²) < 4.78 is 53.3. The summed E-state index contributed by atoms with van der Waals surface area (Å²) >= 11 is 5.67. The average Bonchev–Trinajstić information content (AvgIpc) is 3.54. The molecule has 1 atom stereocenters. The summed E-state index contributed by atoms with van der Waals surface area (Å²) in [6, 6.07) is 5.51. The van der Waals surface area contributed by atoms with Crippen LogP contribution in [0.2, 0.25) is 0 Å². The lowest BCUT2D eigenvalue weighted by Crippen LogP contribution is -2.46. The number of sulfone groups is 1. The third-order valence-electron chi connectivity index (χ3n) is 6.62. The lowest BCUT2D eigenvalue weighted by Gasteiger charge is -2.31. The molecule has 204 valence electrons. The van der Waals surface area contributed by atoms with Gasteiger partial charge in [0.05, 0.1) is 50.1 Å². The molecule has 1 N–H and O–H groups in total. The SMILES string of the molecule is CCNC(=S)N(CCN1CCOCC1)Cc1cnc(S(=O)(=O)Cc2ccc(F)cc2)n1CC1CCCO1. The van der Waals surface area contributed by atoms with Crippen molar-refractivity contribution < 1.29 is 22.3 Å². The highest BCUT2D eigenvalue weighted by atomic mass is 32.2. The van der Waals surface area contributed by atoms with Crippen molar-refractivity contribution in [3.8, 4) is 0 Å². The number of thiocarbonyl (C=S) groups is 1. The maximum atomic E-state index is 13.5. The first-order chi connectivity index (χ1) is 17.9. The molecule has 1 aromatic heterocycles. The summed E-state index contributed by atoms with van der Waals surface area (Å²) in [6.45, 7) is 8.90. The van der Waals surface area contributed by atoms with E-state index in [1.54, 1.807) is 10.8 Å². The van der Waals surface area contributed by atoms with Gasteiger partial charge >= 0.3 is 0 Å². The quantitative estimate of drug-likeness (QED) is 0.421. The molecular formula is C25H36FN5O4S2. The summed E-state index contributed by atoms with van der Waals surface area (Å²) in [5, 5.41) is 3.86. The number of ether oxygens (including phenoxy) is 2. The van der Waals surface area contributed by atoms with Crippen molar-refractivity contribution >= 4 is 27.2 Å². The van der Waals surface area contributed by atoms with Crippen LogP contribution in [0.25, 0.3) is 0 Å². The third-order valence-corrected chi connectivity index (χ3v) is 8.62. The Bertz CT molecular complexity index is 1130. The molecule has 0 amide bonds. The molecular weight excluding hydrogens is 517 g/mol. The van der Waals surface area contributed by atoms with Gasteiger partial charge in [0.15, 0.2) is 5.11 Å². The fraction of sp³-hybridized carbons (Fsp3) is 0.600. The van der Waals surface area contributed by atoms with E-state index in [9.17, 15) is 12.8 Å². The molecule has 0 spiro atoms. The van der Waals surface area contributed by atoms with Crippen LogP contribution >= 0.6 is 12.2 Å². The van der Waals surface area contributed by atoms with Crippen LogP contribution in [-0.4, -0.2) is 91.5 Å². The topological polar surface area (TPSA) is 88.9 Å². The van der Waals surface area contributed by atoms with Crippen molar-refractivity contribution in [2.45, 2.75) is 49.9 Å². The largest absolute Gasteiger partial charge is 0.379 e. The van der Waals surface area contributed by atoms with Gasteiger partial charge in [-0.1, -0.05) is 12.1 Å². The Morgan fingerprint density at radius 2 is 2.00 bits per heavy atom. The van der Waals surface area contributed by atoms with E-state index in [1.807, 2.05) is 6.92 Å². The molecule has 1 aromatic carbocycles. The first-order valence-corrected chi connectivity index (χ1v) is 14.9. The van der Waals surface area contributed by atoms with E-state index in [0.717, 1.165) is 51.4 Å². The molecule has 0 bridgehead atoms. The monoisotopic (exact) mass is 553 g/mol. The highest BCUT2D eigenvalue weighted by Gasteiger charge is 2.28. The summed E-state index contributed by atoms with van der Waals surface area (Å²) in [5.74, 6) is -0.664. The lowest BCUT2D eigenvalue weighted by molar-refractivity contribution is 0.0356. The van der Waals surface area contributed by atoms with Crippen molar-refractivity contribution in [2.24, 2.45) is 0 Å². The zero-order valence-electron chi connectivity index (χ0n) is 21.3. The number of rotatable bonds is 11. The molecule has 12 heteroatoms. The fourth-order valence-electron chi connectivity index (χ4n) is 4.62. The molecule has 9 nitrogen and oxygen atoms in total. The number of imidazole rings is 1. The highest BCUT2D eigenvalue weighted by Crippen LogP contribution is 2.23. The van der Waals surface area contributed by atoms with Gasteiger partial charge in [0.1, 0.15) is 5.82 Å². The van der Waals surface area contributed by atoms with Gasteiger partial charge in [-0.3, -0.25) is 4.90 Å². The third kappa shape index (κ3) is 7.70. The van der Waals surface area contributed by atoms with Gasteiger partial charge in [0.25, 0.3) is 0 Å². The lowest BCUT2D eigenvalue weighted by atomic mass is 10.2. The van der Waals surface area contributed by atoms with Crippen LogP contribution in [0, 0.1) is 5.82 Å². The summed E-state index contributed by atoms with van der Waals surface area (Å²) in [5.41, 5.74) is 1.27. The molecule has 4 rings (SSSR count). The van der Waals surface area contributed by atoms with E-state index >= 15 is 0 Å². The molecule has 0 saturated carbocycles. The normalized spacial score (nSPS) is 18.7. The smallest absolute Gasteiger partial charge is 0.228 e. The fourth-order valence-corrected chi connectivity index (χ4v) is 6.42. The van der Waals surface area contributed by atoms with E-state index in [2.05, 4.69) is 20.1 Å². The van der Waals surface area contributed by atoms with Crippen LogP contribution in [0.15, 0.2) is 35.6 Å². The van der Waals surface area contributed by atoms with Crippen molar-refractivity contribution in [3.05, 3.63) is 47.5 Å². The van der Waals surface area contributed by atoms with Crippen LogP contribution in [0.3, 0.4) is 0 Å². The molecule has 0 aliphatic carbocycles. The molecule has 2 aliphatic rings. The Balaban J connectivity index is 1.58. The number of aromatic nitrogens is 2. The van der Waals surface area contributed by atoms with Crippen molar-refractivity contribution in [3.63, 3.8) is 0 Å². The molecule has 2 aromatic rings. The summed E-state index contributed by atoms with van der Waals surface area (Å²) in [4.78, 5) is 8.78. The molecule has 2 aliphatic heterocycles. The number of hydrogen-bond donors (Lipinski definition) is 1. The van der Waals surface area contributed by atoms with Gasteiger partial charge in [0, 0.05) is 39.3 Å². The standard InChI is InChI=1S/C25H36FN5O4S2/c1-2-27-24(36)30(10-9-29-11-14-34-15-12-29)17-22-16-28-25(31(22)18-23-4-3-13-35-23)37(32,33)19-20-5-7-21(26)8-6-20/h5-8,16,23H,2-4,9-15,17-19H2,1H3,(H,27,36). The predicted octanol–water partition coefficient (Wildman–Crippen LogP) is 2.20. The second kappa shape index (κ2) is 13.1. The van der Waals surface area contributed by atoms with Crippen LogP contribution in [0.5, 0.6) is 0 Å². The molecule has 2 saturated heterocycles. The van der Waals surface area contributed by atoms with E-state index in [0.29, 0.717) is 43.5 Å². The van der Waals surface area contributed by atoms with Gasteiger partial charge in [-0.15, -0.1) is 0 Å². The Morgan fingerprint density at radius 3 is 2.68 bits per heavy atom. The number of morpholine rings is 1. The minimum absolute atomic E-state index is 0.00447. The van der Waals surface area contributed by atoms with Crippen LogP contribution in [0.4, 0.5) is 4.39 Å². The van der Waals surface area contributed by atoms with Gasteiger partial charge in [-0.25, -0.2) is 17.8 Å². The molecule has 1 unspecified atom stereocenters. The Labute approximate surface area is 223 Å². The van der Waals surface area contributed by atoms with E-state index in [1.165, 1.54) is 24.3 Å². The number of halogens is 1. The minimum atomic E-state index is -3.79. The molecule has 37 heavy (non-hydrogen) atoms. The van der Waals surface area contributed by atoms with Crippen molar-refractivity contribution in [1.82, 2.24) is 24.7 Å². The van der Waals surface area contributed by atoms with E-state index in [-0.39, 0.29) is 17.0 Å². The second-order valence-corrected chi connectivity index (χ2v) is 11.6. The second-order valence-electron chi connectivity index (χ2n) is 9.37. The zero-order valence-corrected chi connectivity index (χ0v) is 22.9. The number of nitrogens with zero attached hydrogens (tertiary/aromatic N) is 4. The maximum absolute atomic E-state index is 13.5. The number of benzene rings is 1. The van der Waals surface area contributed by atoms with Crippen molar-refractivity contribution in [1.29, 1.82) is 0 Å². The van der Waals surface area contributed by atoms with E-state index < -0.39 is 15.7 Å².